The van der Waals surface area contributed by atoms with Gasteiger partial charge in [-0.3, -0.25) is 0 Å². The van der Waals surface area contributed by atoms with Crippen molar-refractivity contribution in [1.29, 1.82) is 0 Å². The Balaban J connectivity index is 1.70. The van der Waals surface area contributed by atoms with Crippen molar-refractivity contribution in [3.8, 4) is 11.5 Å². The van der Waals surface area contributed by atoms with E-state index in [9.17, 15) is 17.6 Å². The van der Waals surface area contributed by atoms with Gasteiger partial charge in [-0.05, 0) is 43.0 Å². The molecule has 1 fully saturated rings. The molecule has 4 rings (SSSR count). The standard InChI is InChI=1S/C20H16F4O3/c21-16(22)10-26-15-8-6-13-12-5-7-14(25-9-11-3-1-2-4-11)17(23)19(12)27-20(13)18(15)24/h5-8,10-11H,1-4,9H2. The molecule has 0 radical (unpaired) electrons. The van der Waals surface area contributed by atoms with Crippen LogP contribution in [0.4, 0.5) is 17.6 Å². The van der Waals surface area contributed by atoms with Crippen LogP contribution in [-0.4, -0.2) is 6.61 Å². The van der Waals surface area contributed by atoms with Crippen LogP contribution in [0.3, 0.4) is 0 Å². The summed E-state index contributed by atoms with van der Waals surface area (Å²) in [6.07, 6.45) is 2.47. The van der Waals surface area contributed by atoms with Crippen molar-refractivity contribution >= 4 is 21.9 Å². The fourth-order valence-electron chi connectivity index (χ4n) is 3.50. The number of rotatable bonds is 5. The molecule has 1 aromatic heterocycles. The lowest BCUT2D eigenvalue weighted by molar-refractivity contribution is 0.242. The van der Waals surface area contributed by atoms with Gasteiger partial charge in [0.25, 0.3) is 0 Å². The van der Waals surface area contributed by atoms with Crippen molar-refractivity contribution in [2.75, 3.05) is 6.61 Å². The topological polar surface area (TPSA) is 31.6 Å². The first-order chi connectivity index (χ1) is 13.0. The van der Waals surface area contributed by atoms with Gasteiger partial charge in [-0.1, -0.05) is 12.8 Å². The highest BCUT2D eigenvalue weighted by Gasteiger charge is 2.21. The molecule has 0 aliphatic heterocycles. The van der Waals surface area contributed by atoms with Crippen molar-refractivity contribution < 1.29 is 31.5 Å². The van der Waals surface area contributed by atoms with Crippen molar-refractivity contribution in [2.24, 2.45) is 5.92 Å². The van der Waals surface area contributed by atoms with E-state index in [1.54, 1.807) is 6.07 Å². The van der Waals surface area contributed by atoms with Crippen molar-refractivity contribution in [1.82, 2.24) is 0 Å². The highest BCUT2D eigenvalue weighted by Crippen LogP contribution is 2.38. The third-order valence-electron chi connectivity index (χ3n) is 4.84. The zero-order chi connectivity index (χ0) is 19.0. The summed E-state index contributed by atoms with van der Waals surface area (Å²) in [7, 11) is 0. The Morgan fingerprint density at radius 1 is 0.963 bits per heavy atom. The Labute approximate surface area is 152 Å². The second-order valence-corrected chi connectivity index (χ2v) is 6.60. The number of ether oxygens (including phenoxy) is 2. The number of furan rings is 1. The van der Waals surface area contributed by atoms with Gasteiger partial charge in [-0.25, -0.2) is 0 Å². The molecule has 0 bridgehead atoms. The molecule has 3 aromatic rings. The van der Waals surface area contributed by atoms with E-state index in [1.807, 2.05) is 0 Å². The third kappa shape index (κ3) is 3.34. The molecule has 1 saturated carbocycles. The molecule has 0 N–H and O–H groups in total. The Morgan fingerprint density at radius 3 is 2.19 bits per heavy atom. The lowest BCUT2D eigenvalue weighted by Crippen LogP contribution is -2.08. The Bertz CT molecular complexity index is 1020. The van der Waals surface area contributed by atoms with Crippen LogP contribution in [0, 0.1) is 17.6 Å². The maximum Gasteiger partial charge on any atom is 0.305 e. The number of hydrogen-bond donors (Lipinski definition) is 0. The summed E-state index contributed by atoms with van der Waals surface area (Å²) >= 11 is 0. The van der Waals surface area contributed by atoms with Gasteiger partial charge in [-0.2, -0.15) is 17.6 Å². The molecule has 0 amide bonds. The first-order valence-electron chi connectivity index (χ1n) is 8.68. The summed E-state index contributed by atoms with van der Waals surface area (Å²) in [5.41, 5.74) is -0.404. The normalized spacial score (nSPS) is 14.8. The average molecular weight is 380 g/mol. The van der Waals surface area contributed by atoms with Crippen LogP contribution >= 0.6 is 0 Å². The Morgan fingerprint density at radius 2 is 1.56 bits per heavy atom. The van der Waals surface area contributed by atoms with Crippen LogP contribution in [-0.2, 0) is 0 Å². The smallest absolute Gasteiger partial charge is 0.305 e. The van der Waals surface area contributed by atoms with Crippen LogP contribution in [0.25, 0.3) is 21.9 Å². The van der Waals surface area contributed by atoms with E-state index in [0.29, 0.717) is 23.3 Å². The zero-order valence-electron chi connectivity index (χ0n) is 14.2. The minimum atomic E-state index is -2.10. The molecule has 0 unspecified atom stereocenters. The van der Waals surface area contributed by atoms with E-state index >= 15 is 0 Å². The first-order valence-corrected chi connectivity index (χ1v) is 8.68. The summed E-state index contributed by atoms with van der Waals surface area (Å²) in [6.45, 7) is 0.427. The highest BCUT2D eigenvalue weighted by molar-refractivity contribution is 6.06. The Kier molecular flexibility index (Phi) is 4.68. The molecule has 3 nitrogen and oxygen atoms in total. The summed E-state index contributed by atoms with van der Waals surface area (Å²) in [4.78, 5) is 0. The SMILES string of the molecule is FC(F)=COc1ccc2c(oc3c(F)c(OCC4CCCC4)ccc32)c1F. The Hall–Kier alpha value is -2.70. The highest BCUT2D eigenvalue weighted by atomic mass is 19.3. The fraction of sp³-hybridized carbons (Fsp3) is 0.300. The quantitative estimate of drug-likeness (QED) is 0.372. The van der Waals surface area contributed by atoms with E-state index in [4.69, 9.17) is 9.15 Å². The van der Waals surface area contributed by atoms with Gasteiger partial charge in [0.1, 0.15) is 0 Å². The van der Waals surface area contributed by atoms with Crippen molar-refractivity contribution in [3.05, 3.63) is 48.2 Å². The third-order valence-corrected chi connectivity index (χ3v) is 4.84. The minimum Gasteiger partial charge on any atom is -0.490 e. The van der Waals surface area contributed by atoms with Crippen LogP contribution in [0.1, 0.15) is 25.7 Å². The van der Waals surface area contributed by atoms with Gasteiger partial charge in [0.2, 0.25) is 11.6 Å². The monoisotopic (exact) mass is 380 g/mol. The van der Waals surface area contributed by atoms with E-state index in [0.717, 1.165) is 25.7 Å². The van der Waals surface area contributed by atoms with Crippen molar-refractivity contribution in [3.63, 3.8) is 0 Å². The summed E-state index contributed by atoms with van der Waals surface area (Å²) in [5.74, 6) is -1.66. The number of halogens is 4. The minimum absolute atomic E-state index is 0.0489. The fourth-order valence-corrected chi connectivity index (χ4v) is 3.50. The number of benzene rings is 2. The summed E-state index contributed by atoms with van der Waals surface area (Å²) in [6, 6.07) is 5.71. The lowest BCUT2D eigenvalue weighted by atomic mass is 10.1. The van der Waals surface area contributed by atoms with Crippen LogP contribution in [0.2, 0.25) is 0 Å². The molecule has 0 atom stereocenters. The van der Waals surface area contributed by atoms with Gasteiger partial charge in [-0.15, -0.1) is 0 Å². The summed E-state index contributed by atoms with van der Waals surface area (Å²) in [5, 5.41) is 0.689. The lowest BCUT2D eigenvalue weighted by Gasteiger charge is -2.11. The average Bonchev–Trinajstić information content (AvgIpc) is 3.29. The van der Waals surface area contributed by atoms with Gasteiger partial charge < -0.3 is 13.9 Å². The molecule has 7 heteroatoms. The predicted molar refractivity (Wildman–Crippen MR) is 92.0 cm³/mol. The molecular weight excluding hydrogens is 364 g/mol. The van der Waals surface area contributed by atoms with E-state index in [2.05, 4.69) is 4.74 Å². The molecule has 142 valence electrons. The second-order valence-electron chi connectivity index (χ2n) is 6.60. The van der Waals surface area contributed by atoms with Crippen LogP contribution in [0.15, 0.2) is 41.0 Å². The molecule has 0 spiro atoms. The second kappa shape index (κ2) is 7.13. The molecule has 27 heavy (non-hydrogen) atoms. The van der Waals surface area contributed by atoms with Crippen molar-refractivity contribution in [2.45, 2.75) is 25.7 Å². The largest absolute Gasteiger partial charge is 0.490 e. The number of hydrogen-bond acceptors (Lipinski definition) is 3. The molecule has 1 heterocycles. The number of fused-ring (bicyclic) bond motifs is 3. The van der Waals surface area contributed by atoms with E-state index in [1.165, 1.54) is 18.2 Å². The van der Waals surface area contributed by atoms with Gasteiger partial charge in [0, 0.05) is 10.8 Å². The first kappa shape index (κ1) is 17.7. The molecule has 2 aromatic carbocycles. The van der Waals surface area contributed by atoms with E-state index < -0.39 is 23.5 Å². The maximum atomic E-state index is 14.8. The van der Waals surface area contributed by atoms with Crippen LogP contribution < -0.4 is 9.47 Å². The van der Waals surface area contributed by atoms with Gasteiger partial charge >= 0.3 is 6.08 Å². The maximum absolute atomic E-state index is 14.8. The van der Waals surface area contributed by atoms with Gasteiger partial charge in [0.05, 0.1) is 6.61 Å². The van der Waals surface area contributed by atoms with Gasteiger partial charge in [0.15, 0.2) is 28.9 Å². The zero-order valence-corrected chi connectivity index (χ0v) is 14.2. The molecule has 0 saturated heterocycles. The van der Waals surface area contributed by atoms with E-state index in [-0.39, 0.29) is 23.2 Å². The summed E-state index contributed by atoms with van der Waals surface area (Å²) < 4.78 is 69.1. The molecular formula is C20H16F4O3. The van der Waals surface area contributed by atoms with Crippen LogP contribution in [0.5, 0.6) is 11.5 Å². The predicted octanol–water partition coefficient (Wildman–Crippen LogP) is 6.55. The molecule has 1 aliphatic carbocycles. The molecule has 1 aliphatic rings.